The Morgan fingerprint density at radius 2 is 1.95 bits per heavy atom. The number of para-hydroxylation sites is 1. The maximum absolute atomic E-state index is 11.8. The molecule has 0 heterocycles. The van der Waals surface area contributed by atoms with Crippen LogP contribution in [0.15, 0.2) is 24.3 Å². The van der Waals surface area contributed by atoms with Gasteiger partial charge in [-0.25, -0.2) is 0 Å². The average Bonchev–Trinajstić information content (AvgIpc) is 2.31. The highest BCUT2D eigenvalue weighted by atomic mass is 35.5. The van der Waals surface area contributed by atoms with Crippen molar-refractivity contribution in [3.8, 4) is 0 Å². The van der Waals surface area contributed by atoms with Gasteiger partial charge in [-0.2, -0.15) is 0 Å². The molecule has 0 saturated carbocycles. The van der Waals surface area contributed by atoms with E-state index < -0.39 is 0 Å². The highest BCUT2D eigenvalue weighted by Crippen LogP contribution is 2.20. The molecule has 0 aliphatic carbocycles. The van der Waals surface area contributed by atoms with Gasteiger partial charge in [-0.3, -0.25) is 4.79 Å². The van der Waals surface area contributed by atoms with Crippen molar-refractivity contribution in [1.82, 2.24) is 10.2 Å². The summed E-state index contributed by atoms with van der Waals surface area (Å²) in [7, 11) is 4.04. The number of anilines is 1. The number of rotatable bonds is 6. The molecule has 0 aliphatic rings. The molecular formula is C14H22ClN3O. The fraction of sp³-hybridized carbons (Fsp3) is 0.500. The normalized spacial score (nSPS) is 11.7. The molecule has 2 N–H and O–H groups in total. The smallest absolute Gasteiger partial charge is 0.238 e. The first-order chi connectivity index (χ1) is 8.83. The van der Waals surface area contributed by atoms with Crippen LogP contribution in [0.1, 0.15) is 13.8 Å². The van der Waals surface area contributed by atoms with Crippen molar-refractivity contribution in [2.45, 2.75) is 19.4 Å². The van der Waals surface area contributed by atoms with Crippen molar-refractivity contribution in [2.24, 2.45) is 0 Å². The van der Waals surface area contributed by atoms with Gasteiger partial charge in [0.15, 0.2) is 0 Å². The van der Waals surface area contributed by atoms with Crippen molar-refractivity contribution >= 4 is 23.2 Å². The van der Waals surface area contributed by atoms with Gasteiger partial charge >= 0.3 is 0 Å². The topological polar surface area (TPSA) is 44.4 Å². The van der Waals surface area contributed by atoms with E-state index in [4.69, 9.17) is 11.6 Å². The number of nitrogens with zero attached hydrogens (tertiary/aromatic N) is 1. The summed E-state index contributed by atoms with van der Waals surface area (Å²) in [4.78, 5) is 13.9. The summed E-state index contributed by atoms with van der Waals surface area (Å²) in [5.41, 5.74) is 0.646. The van der Waals surface area contributed by atoms with Crippen LogP contribution in [0.4, 0.5) is 5.69 Å². The second kappa shape index (κ2) is 6.89. The number of carbonyl (C=O) groups excluding carboxylic acids is 1. The van der Waals surface area contributed by atoms with Crippen LogP contribution >= 0.6 is 11.6 Å². The third kappa shape index (κ3) is 5.19. The second-order valence-electron chi connectivity index (χ2n) is 5.34. The van der Waals surface area contributed by atoms with Crippen LogP contribution in [0.2, 0.25) is 5.02 Å². The third-order valence-corrected chi connectivity index (χ3v) is 3.53. The van der Waals surface area contributed by atoms with Gasteiger partial charge in [0.2, 0.25) is 5.91 Å². The molecule has 0 saturated heterocycles. The van der Waals surface area contributed by atoms with Gasteiger partial charge in [0.1, 0.15) is 0 Å². The fourth-order valence-electron chi connectivity index (χ4n) is 1.40. The van der Waals surface area contributed by atoms with E-state index in [0.717, 1.165) is 6.54 Å². The quantitative estimate of drug-likeness (QED) is 0.841. The van der Waals surface area contributed by atoms with Gasteiger partial charge in [0.25, 0.3) is 0 Å². The molecule has 5 heteroatoms. The van der Waals surface area contributed by atoms with E-state index in [1.807, 2.05) is 26.2 Å². The fourth-order valence-corrected chi connectivity index (χ4v) is 1.58. The lowest BCUT2D eigenvalue weighted by Gasteiger charge is -2.32. The molecule has 0 aromatic heterocycles. The van der Waals surface area contributed by atoms with E-state index in [-0.39, 0.29) is 18.0 Å². The Hall–Kier alpha value is -1.10. The van der Waals surface area contributed by atoms with Gasteiger partial charge in [-0.1, -0.05) is 23.7 Å². The Morgan fingerprint density at radius 1 is 1.32 bits per heavy atom. The van der Waals surface area contributed by atoms with Crippen LogP contribution in [0.25, 0.3) is 0 Å². The third-order valence-electron chi connectivity index (χ3n) is 3.20. The first-order valence-corrected chi connectivity index (χ1v) is 6.63. The number of nitrogens with one attached hydrogen (secondary N) is 2. The zero-order valence-corrected chi connectivity index (χ0v) is 12.7. The van der Waals surface area contributed by atoms with E-state index in [9.17, 15) is 4.79 Å². The van der Waals surface area contributed by atoms with E-state index in [0.29, 0.717) is 10.7 Å². The molecule has 1 amide bonds. The van der Waals surface area contributed by atoms with Gasteiger partial charge in [-0.05, 0) is 40.1 Å². The second-order valence-corrected chi connectivity index (χ2v) is 5.75. The van der Waals surface area contributed by atoms with Crippen LogP contribution in [-0.4, -0.2) is 43.5 Å². The summed E-state index contributed by atoms with van der Waals surface area (Å²) in [5, 5.41) is 6.47. The summed E-state index contributed by atoms with van der Waals surface area (Å²) in [6, 6.07) is 7.20. The molecule has 1 aromatic carbocycles. The molecular weight excluding hydrogens is 262 g/mol. The molecule has 19 heavy (non-hydrogen) atoms. The van der Waals surface area contributed by atoms with E-state index in [1.54, 1.807) is 12.1 Å². The number of amides is 1. The lowest BCUT2D eigenvalue weighted by Crippen LogP contribution is -2.48. The molecule has 0 bridgehead atoms. The van der Waals surface area contributed by atoms with Gasteiger partial charge < -0.3 is 15.5 Å². The predicted octanol–water partition coefficient (Wildman–Crippen LogP) is 2.21. The van der Waals surface area contributed by atoms with Crippen molar-refractivity contribution in [3.05, 3.63) is 29.3 Å². The first-order valence-electron chi connectivity index (χ1n) is 6.25. The number of hydrogen-bond acceptors (Lipinski definition) is 3. The summed E-state index contributed by atoms with van der Waals surface area (Å²) >= 11 is 5.97. The highest BCUT2D eigenvalue weighted by Gasteiger charge is 2.19. The SMILES string of the molecule is CN(C)C(C)(C)CNCC(=O)Nc1ccccc1Cl. The van der Waals surface area contributed by atoms with Gasteiger partial charge in [0, 0.05) is 12.1 Å². The summed E-state index contributed by atoms with van der Waals surface area (Å²) in [5.74, 6) is -0.0948. The molecule has 106 valence electrons. The van der Waals surface area contributed by atoms with Gasteiger partial charge in [0.05, 0.1) is 17.3 Å². The van der Waals surface area contributed by atoms with Crippen molar-refractivity contribution < 1.29 is 4.79 Å². The summed E-state index contributed by atoms with van der Waals surface area (Å²) in [6.45, 7) is 5.23. The van der Waals surface area contributed by atoms with Crippen LogP contribution in [0, 0.1) is 0 Å². The number of likely N-dealkylation sites (N-methyl/N-ethyl adjacent to an activating group) is 1. The number of carbonyl (C=O) groups is 1. The molecule has 1 aromatic rings. The molecule has 0 radical (unpaired) electrons. The molecule has 0 atom stereocenters. The van der Waals surface area contributed by atoms with Crippen LogP contribution in [0.5, 0.6) is 0 Å². The lowest BCUT2D eigenvalue weighted by molar-refractivity contribution is -0.115. The summed E-state index contributed by atoms with van der Waals surface area (Å²) < 4.78 is 0. The minimum atomic E-state index is -0.0948. The largest absolute Gasteiger partial charge is 0.324 e. The van der Waals surface area contributed by atoms with Crippen LogP contribution in [0.3, 0.4) is 0 Å². The lowest BCUT2D eigenvalue weighted by atomic mass is 10.0. The zero-order chi connectivity index (χ0) is 14.5. The highest BCUT2D eigenvalue weighted by molar-refractivity contribution is 6.33. The average molecular weight is 284 g/mol. The monoisotopic (exact) mass is 283 g/mol. The predicted molar refractivity (Wildman–Crippen MR) is 80.7 cm³/mol. The minimum absolute atomic E-state index is 0.00463. The molecule has 0 aliphatic heterocycles. The minimum Gasteiger partial charge on any atom is -0.324 e. The number of benzene rings is 1. The first kappa shape index (κ1) is 16.0. The Morgan fingerprint density at radius 3 is 2.53 bits per heavy atom. The van der Waals surface area contributed by atoms with Crippen LogP contribution in [-0.2, 0) is 4.79 Å². The Labute approximate surface area is 120 Å². The van der Waals surface area contributed by atoms with Crippen molar-refractivity contribution in [2.75, 3.05) is 32.5 Å². The molecule has 1 rings (SSSR count). The number of hydrogen-bond donors (Lipinski definition) is 2. The molecule has 4 nitrogen and oxygen atoms in total. The maximum Gasteiger partial charge on any atom is 0.238 e. The Bertz CT molecular complexity index is 432. The van der Waals surface area contributed by atoms with Crippen molar-refractivity contribution in [3.63, 3.8) is 0 Å². The molecule has 0 spiro atoms. The Kier molecular flexibility index (Phi) is 5.79. The van der Waals surface area contributed by atoms with E-state index >= 15 is 0 Å². The van der Waals surface area contributed by atoms with E-state index in [1.165, 1.54) is 0 Å². The molecule has 0 fully saturated rings. The van der Waals surface area contributed by atoms with Gasteiger partial charge in [-0.15, -0.1) is 0 Å². The Balaban J connectivity index is 2.39. The van der Waals surface area contributed by atoms with E-state index in [2.05, 4.69) is 29.4 Å². The standard InChI is InChI=1S/C14H22ClN3O/c1-14(2,18(3)4)10-16-9-13(19)17-12-8-6-5-7-11(12)15/h5-8,16H,9-10H2,1-4H3,(H,17,19). The summed E-state index contributed by atoms with van der Waals surface area (Å²) in [6.07, 6.45) is 0. The van der Waals surface area contributed by atoms with Crippen LogP contribution < -0.4 is 10.6 Å². The zero-order valence-electron chi connectivity index (χ0n) is 12.0. The van der Waals surface area contributed by atoms with Crippen molar-refractivity contribution in [1.29, 1.82) is 0 Å². The molecule has 0 unspecified atom stereocenters. The maximum atomic E-state index is 11.8. The number of halogens is 1.